The summed E-state index contributed by atoms with van der Waals surface area (Å²) in [6.07, 6.45) is -1.78. The number of primary sulfonamides is 1. The maximum atomic E-state index is 12.7. The van der Waals surface area contributed by atoms with Crippen LogP contribution in [0, 0.1) is 0 Å². The van der Waals surface area contributed by atoms with Crippen LogP contribution in [-0.4, -0.2) is 84.8 Å². The Morgan fingerprint density at radius 2 is 1.39 bits per heavy atom. The number of carbonyl (C=O) groups excluding carboxylic acids is 3. The van der Waals surface area contributed by atoms with E-state index in [2.05, 4.69) is 5.32 Å². The SMILES string of the molecule is CC(C)(C)OC(=O)N(CCN(CC(=O)Nc1cccc(S(N)(=O)=O)c1)C(=O)OC(C)(C)C)CC(=O)O. The maximum Gasteiger partial charge on any atom is 0.410 e. The van der Waals surface area contributed by atoms with E-state index in [-0.39, 0.29) is 23.7 Å². The number of amides is 3. The summed E-state index contributed by atoms with van der Waals surface area (Å²) >= 11 is 0. The van der Waals surface area contributed by atoms with Gasteiger partial charge in [0.2, 0.25) is 15.9 Å². The van der Waals surface area contributed by atoms with E-state index in [9.17, 15) is 32.7 Å². The summed E-state index contributed by atoms with van der Waals surface area (Å²) in [4.78, 5) is 50.8. The molecule has 0 aliphatic rings. The second-order valence-corrected chi connectivity index (χ2v) is 11.4. The minimum Gasteiger partial charge on any atom is -0.480 e. The first kappa shape index (κ1) is 30.6. The molecule has 14 heteroatoms. The largest absolute Gasteiger partial charge is 0.480 e. The zero-order valence-electron chi connectivity index (χ0n) is 21.2. The molecular weight excluding hydrogens is 496 g/mol. The van der Waals surface area contributed by atoms with E-state index in [4.69, 9.17) is 14.6 Å². The van der Waals surface area contributed by atoms with E-state index in [0.29, 0.717) is 0 Å². The number of carbonyl (C=O) groups is 4. The quantitative estimate of drug-likeness (QED) is 0.428. The number of aliphatic carboxylic acids is 1. The fourth-order valence-corrected chi connectivity index (χ4v) is 3.21. The molecule has 1 rings (SSSR count). The molecule has 0 fully saturated rings. The van der Waals surface area contributed by atoms with Crippen LogP contribution in [0.15, 0.2) is 29.2 Å². The zero-order chi connectivity index (χ0) is 27.9. The first-order valence-corrected chi connectivity index (χ1v) is 12.4. The van der Waals surface area contributed by atoms with Gasteiger partial charge in [-0.15, -0.1) is 0 Å². The average Bonchev–Trinajstić information content (AvgIpc) is 2.66. The van der Waals surface area contributed by atoms with Crippen molar-refractivity contribution in [2.45, 2.75) is 57.6 Å². The monoisotopic (exact) mass is 530 g/mol. The first-order valence-electron chi connectivity index (χ1n) is 10.9. The van der Waals surface area contributed by atoms with Crippen LogP contribution in [0.25, 0.3) is 0 Å². The molecule has 0 aliphatic carbocycles. The molecule has 0 saturated heterocycles. The minimum atomic E-state index is -4.00. The Morgan fingerprint density at radius 3 is 1.81 bits per heavy atom. The molecule has 0 heterocycles. The van der Waals surface area contributed by atoms with Crippen molar-refractivity contribution in [2.75, 3.05) is 31.5 Å². The number of carboxylic acid groups (broad SMARTS) is 1. The number of nitrogens with two attached hydrogens (primary N) is 1. The molecular formula is C22H34N4O9S. The molecule has 0 saturated carbocycles. The topological polar surface area (TPSA) is 186 Å². The van der Waals surface area contributed by atoms with Gasteiger partial charge in [-0.05, 0) is 59.7 Å². The molecule has 1 aromatic carbocycles. The van der Waals surface area contributed by atoms with Gasteiger partial charge >= 0.3 is 18.2 Å². The van der Waals surface area contributed by atoms with Crippen molar-refractivity contribution in [1.29, 1.82) is 0 Å². The van der Waals surface area contributed by atoms with Crippen molar-refractivity contribution < 1.29 is 42.2 Å². The van der Waals surface area contributed by atoms with Crippen LogP contribution in [0.2, 0.25) is 0 Å². The van der Waals surface area contributed by atoms with E-state index in [1.807, 2.05) is 0 Å². The summed E-state index contributed by atoms with van der Waals surface area (Å²) < 4.78 is 33.7. The molecule has 0 atom stereocenters. The Kier molecular flexibility index (Phi) is 10.2. The second-order valence-electron chi connectivity index (χ2n) is 9.82. The lowest BCUT2D eigenvalue weighted by Crippen LogP contribution is -2.47. The van der Waals surface area contributed by atoms with Crippen LogP contribution >= 0.6 is 0 Å². The summed E-state index contributed by atoms with van der Waals surface area (Å²) in [6.45, 7) is 7.97. The van der Waals surface area contributed by atoms with Crippen molar-refractivity contribution in [3.05, 3.63) is 24.3 Å². The van der Waals surface area contributed by atoms with E-state index < -0.39 is 58.4 Å². The molecule has 3 amide bonds. The van der Waals surface area contributed by atoms with Crippen molar-refractivity contribution in [1.82, 2.24) is 9.80 Å². The molecule has 36 heavy (non-hydrogen) atoms. The average molecular weight is 531 g/mol. The van der Waals surface area contributed by atoms with Gasteiger partial charge in [-0.25, -0.2) is 23.1 Å². The van der Waals surface area contributed by atoms with Crippen LogP contribution in [0.4, 0.5) is 15.3 Å². The van der Waals surface area contributed by atoms with Crippen molar-refractivity contribution >= 4 is 39.8 Å². The van der Waals surface area contributed by atoms with Crippen LogP contribution in [0.5, 0.6) is 0 Å². The van der Waals surface area contributed by atoms with Gasteiger partial charge in [-0.3, -0.25) is 19.4 Å². The fourth-order valence-electron chi connectivity index (χ4n) is 2.65. The molecule has 0 radical (unpaired) electrons. The Morgan fingerprint density at radius 1 is 0.917 bits per heavy atom. The van der Waals surface area contributed by atoms with E-state index in [1.54, 1.807) is 41.5 Å². The predicted molar refractivity (Wildman–Crippen MR) is 130 cm³/mol. The minimum absolute atomic E-state index is 0.122. The maximum absolute atomic E-state index is 12.7. The Hall–Kier alpha value is -3.39. The third kappa shape index (κ3) is 11.8. The molecule has 1 aromatic rings. The lowest BCUT2D eigenvalue weighted by molar-refractivity contribution is -0.138. The van der Waals surface area contributed by atoms with Gasteiger partial charge in [0.05, 0.1) is 4.90 Å². The number of hydrogen-bond donors (Lipinski definition) is 3. The summed E-state index contributed by atoms with van der Waals surface area (Å²) in [5.41, 5.74) is -1.66. The lowest BCUT2D eigenvalue weighted by atomic mass is 10.2. The van der Waals surface area contributed by atoms with Gasteiger partial charge in [-0.1, -0.05) is 6.07 Å². The highest BCUT2D eigenvalue weighted by Crippen LogP contribution is 2.15. The van der Waals surface area contributed by atoms with Gasteiger partial charge in [0.15, 0.2) is 0 Å². The predicted octanol–water partition coefficient (Wildman–Crippen LogP) is 1.83. The molecule has 0 spiro atoms. The van der Waals surface area contributed by atoms with Crippen LogP contribution < -0.4 is 10.5 Å². The molecule has 202 valence electrons. The van der Waals surface area contributed by atoms with Crippen molar-refractivity contribution in [3.8, 4) is 0 Å². The number of hydrogen-bond acceptors (Lipinski definition) is 8. The molecule has 0 aromatic heterocycles. The highest BCUT2D eigenvalue weighted by Gasteiger charge is 2.28. The smallest absolute Gasteiger partial charge is 0.410 e. The first-order chi connectivity index (χ1) is 16.3. The summed E-state index contributed by atoms with van der Waals surface area (Å²) in [6, 6.07) is 5.22. The second kappa shape index (κ2) is 12.0. The number of ether oxygens (including phenoxy) is 2. The third-order valence-electron chi connectivity index (χ3n) is 4.05. The van der Waals surface area contributed by atoms with E-state index in [0.717, 1.165) is 15.9 Å². The number of nitrogens with one attached hydrogen (secondary N) is 1. The normalized spacial score (nSPS) is 11.9. The molecule has 4 N–H and O–H groups in total. The highest BCUT2D eigenvalue weighted by molar-refractivity contribution is 7.89. The van der Waals surface area contributed by atoms with Crippen LogP contribution in [0.3, 0.4) is 0 Å². The molecule has 0 bridgehead atoms. The molecule has 0 aliphatic heterocycles. The third-order valence-corrected chi connectivity index (χ3v) is 4.96. The number of anilines is 1. The number of rotatable bonds is 9. The van der Waals surface area contributed by atoms with Gasteiger partial charge < -0.3 is 19.9 Å². The van der Waals surface area contributed by atoms with Crippen LogP contribution in [0.1, 0.15) is 41.5 Å². The molecule has 0 unspecified atom stereocenters. The number of carboxylic acids is 1. The number of nitrogens with zero attached hydrogens (tertiary/aromatic N) is 2. The zero-order valence-corrected chi connectivity index (χ0v) is 22.0. The summed E-state index contributed by atoms with van der Waals surface area (Å²) in [7, 11) is -4.00. The summed E-state index contributed by atoms with van der Waals surface area (Å²) in [5, 5.41) is 16.8. The Balaban J connectivity index is 3.06. The Labute approximate surface area is 210 Å². The fraction of sp³-hybridized carbons (Fsp3) is 0.545. The van der Waals surface area contributed by atoms with E-state index >= 15 is 0 Å². The van der Waals surface area contributed by atoms with Crippen molar-refractivity contribution in [2.24, 2.45) is 5.14 Å². The standard InChI is InChI=1S/C22H34N4O9S/c1-21(2,3)34-19(30)25(10-11-26(14-18(28)29)20(31)35-22(4,5)6)13-17(27)24-15-8-7-9-16(12-15)36(23,32)33/h7-9,12H,10-11,13-14H2,1-6H3,(H,24,27)(H,28,29)(H2,23,32,33). The summed E-state index contributed by atoms with van der Waals surface area (Å²) in [5.74, 6) is -1.99. The van der Waals surface area contributed by atoms with Crippen molar-refractivity contribution in [3.63, 3.8) is 0 Å². The van der Waals surface area contributed by atoms with Gasteiger partial charge in [0, 0.05) is 18.8 Å². The molecule has 13 nitrogen and oxygen atoms in total. The highest BCUT2D eigenvalue weighted by atomic mass is 32.2. The number of sulfonamides is 1. The van der Waals surface area contributed by atoms with Gasteiger partial charge in [0.25, 0.3) is 0 Å². The van der Waals surface area contributed by atoms with Gasteiger partial charge in [-0.2, -0.15) is 0 Å². The Bertz CT molecular complexity index is 1080. The van der Waals surface area contributed by atoms with Gasteiger partial charge in [0.1, 0.15) is 24.3 Å². The van der Waals surface area contributed by atoms with E-state index in [1.165, 1.54) is 18.2 Å². The number of benzene rings is 1. The lowest BCUT2D eigenvalue weighted by Gasteiger charge is -2.30. The van der Waals surface area contributed by atoms with Crippen LogP contribution in [-0.2, 0) is 29.1 Å².